The molecule has 0 atom stereocenters. The van der Waals surface area contributed by atoms with Crippen LogP contribution in [0.5, 0.6) is 0 Å². The average Bonchev–Trinajstić information content (AvgIpc) is 3.51. The largest absolute Gasteiger partial charge is 0.458 e. The van der Waals surface area contributed by atoms with Crippen molar-refractivity contribution in [1.82, 2.24) is 24.3 Å². The van der Waals surface area contributed by atoms with Crippen molar-refractivity contribution in [1.29, 1.82) is 0 Å². The van der Waals surface area contributed by atoms with Gasteiger partial charge in [0.25, 0.3) is 0 Å². The number of nitrogens with zero attached hydrogens (tertiary/aromatic N) is 5. The number of fused-ring (bicyclic) bond motifs is 1. The Balaban J connectivity index is 1.66. The van der Waals surface area contributed by atoms with Gasteiger partial charge >= 0.3 is 17.8 Å². The molecule has 0 spiro atoms. The van der Waals surface area contributed by atoms with Gasteiger partial charge in [-0.1, -0.05) is 22.9 Å². The van der Waals surface area contributed by atoms with Crippen molar-refractivity contribution in [3.63, 3.8) is 0 Å². The smallest absolute Gasteiger partial charge is 0.435 e. The third kappa shape index (κ3) is 4.70. The Hall–Kier alpha value is -3.92. The molecule has 40 heavy (non-hydrogen) atoms. The van der Waals surface area contributed by atoms with Gasteiger partial charge in [0.1, 0.15) is 17.5 Å². The lowest BCUT2D eigenvalue weighted by atomic mass is 10.1. The summed E-state index contributed by atoms with van der Waals surface area (Å²) < 4.78 is 100. The van der Waals surface area contributed by atoms with Crippen molar-refractivity contribution in [3.8, 4) is 23.1 Å². The lowest BCUT2D eigenvalue weighted by Crippen LogP contribution is -2.33. The van der Waals surface area contributed by atoms with E-state index in [4.69, 9.17) is 4.42 Å². The molecule has 16 heteroatoms. The molecule has 3 heterocycles. The van der Waals surface area contributed by atoms with E-state index in [1.54, 1.807) is 24.3 Å². The zero-order valence-electron chi connectivity index (χ0n) is 20.0. The molecule has 0 unspecified atom stereocenters. The molecule has 208 valence electrons. The Morgan fingerprint density at radius 1 is 0.975 bits per heavy atom. The molecule has 2 aromatic carbocycles. The highest BCUT2D eigenvalue weighted by Crippen LogP contribution is 2.44. The summed E-state index contributed by atoms with van der Waals surface area (Å²) >= 11 is 3.30. The summed E-state index contributed by atoms with van der Waals surface area (Å²) in [5.41, 5.74) is -2.51. The molecule has 3 aromatic heterocycles. The molecule has 0 aliphatic carbocycles. The number of pyridine rings is 1. The normalized spacial score (nSPS) is 12.8. The summed E-state index contributed by atoms with van der Waals surface area (Å²) in [6.07, 6.45) is -4.62. The van der Waals surface area contributed by atoms with E-state index >= 15 is 0 Å². The lowest BCUT2D eigenvalue weighted by Gasteiger charge is -2.19. The molecule has 0 saturated heterocycles. The van der Waals surface area contributed by atoms with E-state index in [2.05, 4.69) is 31.0 Å². The minimum atomic E-state index is -5.85. The number of aromatic nitrogens is 5. The molecule has 0 radical (unpaired) electrons. The van der Waals surface area contributed by atoms with E-state index in [1.807, 2.05) is 0 Å². The highest BCUT2D eigenvalue weighted by Gasteiger charge is 2.58. The van der Waals surface area contributed by atoms with Crippen LogP contribution in [-0.4, -0.2) is 44.7 Å². The Morgan fingerprint density at radius 3 is 2.33 bits per heavy atom. The zero-order valence-corrected chi connectivity index (χ0v) is 22.4. The second-order valence-corrected chi connectivity index (χ2v) is 11.5. The van der Waals surface area contributed by atoms with Gasteiger partial charge in [0.2, 0.25) is 5.89 Å². The van der Waals surface area contributed by atoms with Gasteiger partial charge in [-0.2, -0.15) is 31.7 Å². The van der Waals surface area contributed by atoms with Crippen LogP contribution in [0.2, 0.25) is 0 Å². The second kappa shape index (κ2) is 9.62. The molecule has 0 aliphatic rings. The molecule has 9 nitrogen and oxygen atoms in total. The minimum absolute atomic E-state index is 0.127. The first-order valence-corrected chi connectivity index (χ1v) is 13.7. The predicted octanol–water partition coefficient (Wildman–Crippen LogP) is 5.44. The first kappa shape index (κ1) is 27.6. The minimum Gasteiger partial charge on any atom is -0.435 e. The summed E-state index contributed by atoms with van der Waals surface area (Å²) in [5, 5.41) is 4.04. The van der Waals surface area contributed by atoms with Crippen LogP contribution in [-0.2, 0) is 15.8 Å². The van der Waals surface area contributed by atoms with Crippen LogP contribution in [0.1, 0.15) is 12.5 Å². The summed E-state index contributed by atoms with van der Waals surface area (Å²) in [7, 11) is -3.96. The number of halogens is 6. The van der Waals surface area contributed by atoms with Crippen LogP contribution in [0.25, 0.3) is 34.2 Å². The van der Waals surface area contributed by atoms with E-state index in [1.165, 1.54) is 23.9 Å². The highest BCUT2D eigenvalue weighted by atomic mass is 79.9. The summed E-state index contributed by atoms with van der Waals surface area (Å²) in [6.45, 7) is 1.37. The number of sulfone groups is 1. The van der Waals surface area contributed by atoms with Crippen molar-refractivity contribution in [2.75, 3.05) is 5.75 Å². The number of rotatable bonds is 6. The molecule has 0 aliphatic heterocycles. The average molecular weight is 644 g/mol. The Morgan fingerprint density at radius 2 is 1.68 bits per heavy atom. The predicted molar refractivity (Wildman–Crippen MR) is 135 cm³/mol. The van der Waals surface area contributed by atoms with Crippen molar-refractivity contribution in [2.45, 2.75) is 23.9 Å². The van der Waals surface area contributed by atoms with Crippen LogP contribution in [0.3, 0.4) is 0 Å². The molecule has 0 fully saturated rings. The van der Waals surface area contributed by atoms with Crippen LogP contribution in [0.4, 0.5) is 22.0 Å². The second-order valence-electron chi connectivity index (χ2n) is 8.37. The number of hydrogen-bond donors (Lipinski definition) is 0. The summed E-state index contributed by atoms with van der Waals surface area (Å²) in [6, 6.07) is 11.0. The first-order chi connectivity index (χ1) is 18.7. The van der Waals surface area contributed by atoms with Crippen LogP contribution in [0, 0.1) is 0 Å². The number of benzene rings is 2. The maximum absolute atomic E-state index is 13.9. The van der Waals surface area contributed by atoms with Crippen molar-refractivity contribution < 1.29 is 34.8 Å². The SMILES string of the molecule is CCS(=O)(=O)c1ccc(-n2ncn(-c3ccc(Br)cc3)c2=O)nc1-c1nc2cc(C(F)(F)C(F)(F)F)ccc2o1. The highest BCUT2D eigenvalue weighted by molar-refractivity contribution is 9.10. The van der Waals surface area contributed by atoms with Crippen LogP contribution < -0.4 is 5.69 Å². The standard InChI is InChI=1S/C24H15BrF5N5O4S/c1-2-40(37,38)18-9-10-19(35-22(36)34(12-31-35)15-6-4-14(25)5-7-15)33-20(18)21-32-16-11-13(3-8-17(16)39-21)23(26,27)24(28,29)30/h3-12H,2H2,1H3. The Bertz CT molecular complexity index is 1910. The lowest BCUT2D eigenvalue weighted by molar-refractivity contribution is -0.289. The molecule has 0 bridgehead atoms. The van der Waals surface area contributed by atoms with E-state index in [9.17, 15) is 35.2 Å². The number of oxazole rings is 1. The summed E-state index contributed by atoms with van der Waals surface area (Å²) in [4.78, 5) is 20.9. The van der Waals surface area contributed by atoms with Gasteiger partial charge in [-0.25, -0.2) is 27.7 Å². The van der Waals surface area contributed by atoms with E-state index < -0.39 is 39.1 Å². The van der Waals surface area contributed by atoms with E-state index in [0.717, 1.165) is 21.3 Å². The fourth-order valence-corrected chi connectivity index (χ4v) is 5.02. The van der Waals surface area contributed by atoms with Crippen LogP contribution in [0.15, 0.2) is 79.5 Å². The molecular formula is C24H15BrF5N5O4S. The topological polar surface area (TPSA) is 113 Å². The van der Waals surface area contributed by atoms with E-state index in [0.29, 0.717) is 17.8 Å². The maximum atomic E-state index is 13.9. The van der Waals surface area contributed by atoms with Gasteiger partial charge < -0.3 is 4.42 Å². The van der Waals surface area contributed by atoms with E-state index in [-0.39, 0.29) is 33.3 Å². The van der Waals surface area contributed by atoms with Crippen molar-refractivity contribution >= 4 is 36.9 Å². The molecule has 5 aromatic rings. The molecule has 5 rings (SSSR count). The Labute approximate surface area is 229 Å². The zero-order chi connectivity index (χ0) is 29.0. The Kier molecular flexibility index (Phi) is 6.65. The van der Waals surface area contributed by atoms with Gasteiger partial charge in [0.15, 0.2) is 21.2 Å². The van der Waals surface area contributed by atoms with Gasteiger partial charge in [-0.05, 0) is 54.6 Å². The fraction of sp³-hybridized carbons (Fsp3) is 0.167. The third-order valence-corrected chi connectivity index (χ3v) is 8.15. The quantitative estimate of drug-likeness (QED) is 0.227. The fourth-order valence-electron chi connectivity index (χ4n) is 3.74. The molecule has 0 N–H and O–H groups in total. The third-order valence-electron chi connectivity index (χ3n) is 5.86. The van der Waals surface area contributed by atoms with Gasteiger partial charge in [-0.3, -0.25) is 0 Å². The van der Waals surface area contributed by atoms with Gasteiger partial charge in [-0.15, -0.1) is 0 Å². The number of hydrogen-bond acceptors (Lipinski definition) is 7. The van der Waals surface area contributed by atoms with Crippen molar-refractivity contribution in [2.24, 2.45) is 0 Å². The maximum Gasteiger partial charge on any atom is 0.458 e. The van der Waals surface area contributed by atoms with Gasteiger partial charge in [0, 0.05) is 10.0 Å². The van der Waals surface area contributed by atoms with Gasteiger partial charge in [0.05, 0.1) is 16.3 Å². The number of alkyl halides is 5. The summed E-state index contributed by atoms with van der Waals surface area (Å²) in [5.74, 6) is -6.13. The monoisotopic (exact) mass is 643 g/mol. The molecular weight excluding hydrogens is 629 g/mol. The first-order valence-electron chi connectivity index (χ1n) is 11.3. The van der Waals surface area contributed by atoms with Crippen LogP contribution >= 0.6 is 15.9 Å². The molecule has 0 saturated carbocycles. The molecule has 0 amide bonds. The van der Waals surface area contributed by atoms with Crippen molar-refractivity contribution in [3.05, 3.63) is 81.4 Å².